The number of piperidine rings is 1. The van der Waals surface area contributed by atoms with Crippen molar-refractivity contribution in [3.05, 3.63) is 24.3 Å². The predicted octanol–water partition coefficient (Wildman–Crippen LogP) is 1.88. The maximum absolute atomic E-state index is 12.8. The minimum atomic E-state index is -3.46. The first-order chi connectivity index (χ1) is 11.0. The quantitative estimate of drug-likeness (QED) is 0.840. The van der Waals surface area contributed by atoms with E-state index in [4.69, 9.17) is 9.47 Å². The molecule has 3 rings (SSSR count). The zero-order valence-electron chi connectivity index (χ0n) is 13.6. The topological polar surface area (TPSA) is 59.1 Å². The number of benzene rings is 1. The molecule has 0 unspecified atom stereocenters. The largest absolute Gasteiger partial charge is 0.486 e. The summed E-state index contributed by atoms with van der Waals surface area (Å²) in [6, 6.07) is 7.50. The lowest BCUT2D eigenvalue weighted by Crippen LogP contribution is -2.51. The average molecular weight is 340 g/mol. The number of ether oxygens (including phenoxy) is 2. The van der Waals surface area contributed by atoms with Gasteiger partial charge >= 0.3 is 0 Å². The highest BCUT2D eigenvalue weighted by molar-refractivity contribution is 7.86. The van der Waals surface area contributed by atoms with Crippen molar-refractivity contribution >= 4 is 10.2 Å². The Kier molecular flexibility index (Phi) is 4.79. The Morgan fingerprint density at radius 1 is 1.26 bits per heavy atom. The molecule has 1 fully saturated rings. The van der Waals surface area contributed by atoms with Crippen LogP contribution in [0.4, 0.5) is 0 Å². The van der Waals surface area contributed by atoms with Crippen LogP contribution in [0.2, 0.25) is 0 Å². The van der Waals surface area contributed by atoms with Gasteiger partial charge in [0, 0.05) is 19.6 Å². The van der Waals surface area contributed by atoms with E-state index in [0.29, 0.717) is 24.7 Å². The van der Waals surface area contributed by atoms with Crippen LogP contribution in [0, 0.1) is 0 Å². The molecular weight excluding hydrogens is 316 g/mol. The van der Waals surface area contributed by atoms with E-state index < -0.39 is 10.2 Å². The Labute approximate surface area is 138 Å². The molecule has 0 spiro atoms. The molecule has 2 atom stereocenters. The molecule has 0 N–H and O–H groups in total. The Balaban J connectivity index is 1.66. The standard InChI is InChI=1S/C16H24N2O4S/c1-13-7-5-6-10-18(13)23(19,20)17(2)11-14-12-21-15-8-3-4-9-16(15)22-14/h3-4,8-9,13-14H,5-7,10-12H2,1-2H3/t13-,14-/m0/s1. The summed E-state index contributed by atoms with van der Waals surface area (Å²) >= 11 is 0. The van der Waals surface area contributed by atoms with Crippen LogP contribution < -0.4 is 9.47 Å². The fourth-order valence-corrected chi connectivity index (χ4v) is 4.76. The van der Waals surface area contributed by atoms with Crippen LogP contribution in [0.15, 0.2) is 24.3 Å². The van der Waals surface area contributed by atoms with Crippen molar-refractivity contribution in [3.8, 4) is 11.5 Å². The first-order valence-electron chi connectivity index (χ1n) is 8.10. The molecule has 0 radical (unpaired) electrons. The maximum Gasteiger partial charge on any atom is 0.282 e. The number of likely N-dealkylation sites (N-methyl/N-ethyl adjacent to an activating group) is 1. The molecule has 2 aliphatic rings. The number of hydrogen-bond acceptors (Lipinski definition) is 4. The summed E-state index contributed by atoms with van der Waals surface area (Å²) in [5.74, 6) is 1.37. The lowest BCUT2D eigenvalue weighted by Gasteiger charge is -2.36. The van der Waals surface area contributed by atoms with Crippen LogP contribution in [0.25, 0.3) is 0 Å². The van der Waals surface area contributed by atoms with E-state index in [1.165, 1.54) is 4.31 Å². The van der Waals surface area contributed by atoms with Gasteiger partial charge in [0.2, 0.25) is 0 Å². The molecule has 2 aliphatic heterocycles. The maximum atomic E-state index is 12.8. The van der Waals surface area contributed by atoms with Crippen LogP contribution in [0.1, 0.15) is 26.2 Å². The van der Waals surface area contributed by atoms with E-state index in [1.807, 2.05) is 31.2 Å². The van der Waals surface area contributed by atoms with Crippen LogP contribution in [-0.2, 0) is 10.2 Å². The molecule has 6 nitrogen and oxygen atoms in total. The highest BCUT2D eigenvalue weighted by Crippen LogP contribution is 2.31. The SMILES string of the molecule is C[C@H]1CCCCN1S(=O)(=O)N(C)C[C@H]1COc2ccccc2O1. The van der Waals surface area contributed by atoms with Gasteiger partial charge in [0.15, 0.2) is 11.5 Å². The van der Waals surface area contributed by atoms with Crippen molar-refractivity contribution in [1.29, 1.82) is 0 Å². The first kappa shape index (κ1) is 16.5. The summed E-state index contributed by atoms with van der Waals surface area (Å²) in [6.45, 7) is 3.20. The highest BCUT2D eigenvalue weighted by atomic mass is 32.2. The van der Waals surface area contributed by atoms with Gasteiger partial charge < -0.3 is 9.47 Å². The summed E-state index contributed by atoms with van der Waals surface area (Å²) in [5.41, 5.74) is 0. The van der Waals surface area contributed by atoms with Gasteiger partial charge in [-0.15, -0.1) is 0 Å². The third kappa shape index (κ3) is 3.46. The highest BCUT2D eigenvalue weighted by Gasteiger charge is 2.34. The molecular formula is C16H24N2O4S. The van der Waals surface area contributed by atoms with Crippen LogP contribution in [0.3, 0.4) is 0 Å². The van der Waals surface area contributed by atoms with Crippen LogP contribution in [0.5, 0.6) is 11.5 Å². The van der Waals surface area contributed by atoms with Crippen LogP contribution >= 0.6 is 0 Å². The van der Waals surface area contributed by atoms with Gasteiger partial charge in [-0.25, -0.2) is 0 Å². The molecule has 128 valence electrons. The molecule has 2 heterocycles. The smallest absolute Gasteiger partial charge is 0.282 e. The Bertz CT molecular complexity index is 649. The molecule has 0 bridgehead atoms. The molecule has 0 amide bonds. The number of fused-ring (bicyclic) bond motifs is 1. The average Bonchev–Trinajstić information content (AvgIpc) is 2.55. The molecule has 1 aromatic rings. The van der Waals surface area contributed by atoms with E-state index in [9.17, 15) is 8.42 Å². The van der Waals surface area contributed by atoms with Gasteiger partial charge in [-0.1, -0.05) is 18.6 Å². The van der Waals surface area contributed by atoms with Gasteiger partial charge in [0.25, 0.3) is 10.2 Å². The first-order valence-corrected chi connectivity index (χ1v) is 9.50. The summed E-state index contributed by atoms with van der Waals surface area (Å²) in [5, 5.41) is 0. The number of para-hydroxylation sites is 2. The zero-order chi connectivity index (χ0) is 16.4. The van der Waals surface area contributed by atoms with Crippen molar-refractivity contribution < 1.29 is 17.9 Å². The summed E-state index contributed by atoms with van der Waals surface area (Å²) < 4.78 is 40.1. The van der Waals surface area contributed by atoms with Gasteiger partial charge in [0.05, 0.1) is 6.54 Å². The van der Waals surface area contributed by atoms with Gasteiger partial charge in [-0.3, -0.25) is 0 Å². The third-order valence-corrected chi connectivity index (χ3v) is 6.53. The monoisotopic (exact) mass is 340 g/mol. The minimum Gasteiger partial charge on any atom is -0.486 e. The zero-order valence-corrected chi connectivity index (χ0v) is 14.5. The Morgan fingerprint density at radius 3 is 2.74 bits per heavy atom. The van der Waals surface area contributed by atoms with Crippen molar-refractivity contribution in [2.75, 3.05) is 26.7 Å². The number of rotatable bonds is 4. The summed E-state index contributed by atoms with van der Waals surface area (Å²) in [6.07, 6.45) is 2.63. The molecule has 0 aromatic heterocycles. The van der Waals surface area contributed by atoms with E-state index in [1.54, 1.807) is 11.4 Å². The van der Waals surface area contributed by atoms with Crippen molar-refractivity contribution in [2.24, 2.45) is 0 Å². The lowest BCUT2D eigenvalue weighted by atomic mass is 10.1. The van der Waals surface area contributed by atoms with Crippen molar-refractivity contribution in [1.82, 2.24) is 8.61 Å². The Morgan fingerprint density at radius 2 is 2.00 bits per heavy atom. The molecule has 1 aromatic carbocycles. The second-order valence-corrected chi connectivity index (χ2v) is 8.23. The Hall–Kier alpha value is -1.31. The van der Waals surface area contributed by atoms with E-state index in [0.717, 1.165) is 19.3 Å². The van der Waals surface area contributed by atoms with Gasteiger partial charge in [-0.05, 0) is 31.9 Å². The van der Waals surface area contributed by atoms with E-state index in [2.05, 4.69) is 0 Å². The van der Waals surface area contributed by atoms with Gasteiger partial charge in [0.1, 0.15) is 12.7 Å². The van der Waals surface area contributed by atoms with E-state index in [-0.39, 0.29) is 18.7 Å². The second kappa shape index (κ2) is 6.67. The second-order valence-electron chi connectivity index (χ2n) is 6.24. The predicted molar refractivity (Wildman–Crippen MR) is 87.9 cm³/mol. The summed E-state index contributed by atoms with van der Waals surface area (Å²) in [7, 11) is -1.85. The molecule has 7 heteroatoms. The fourth-order valence-electron chi connectivity index (χ4n) is 3.13. The fraction of sp³-hybridized carbons (Fsp3) is 0.625. The number of nitrogens with zero attached hydrogens (tertiary/aromatic N) is 2. The van der Waals surface area contributed by atoms with Crippen molar-refractivity contribution in [2.45, 2.75) is 38.3 Å². The molecule has 0 aliphatic carbocycles. The normalized spacial score (nSPS) is 25.5. The number of hydrogen-bond donors (Lipinski definition) is 0. The third-order valence-electron chi connectivity index (χ3n) is 4.46. The molecule has 0 saturated carbocycles. The minimum absolute atomic E-state index is 0.0560. The van der Waals surface area contributed by atoms with Crippen LogP contribution in [-0.4, -0.2) is 55.9 Å². The lowest BCUT2D eigenvalue weighted by molar-refractivity contribution is 0.0781. The van der Waals surface area contributed by atoms with E-state index >= 15 is 0 Å². The molecule has 23 heavy (non-hydrogen) atoms. The molecule has 1 saturated heterocycles. The van der Waals surface area contributed by atoms with Crippen molar-refractivity contribution in [3.63, 3.8) is 0 Å². The summed E-state index contributed by atoms with van der Waals surface area (Å²) in [4.78, 5) is 0. The van der Waals surface area contributed by atoms with Gasteiger partial charge in [-0.2, -0.15) is 17.0 Å².